The summed E-state index contributed by atoms with van der Waals surface area (Å²) >= 11 is 0. The zero-order valence-corrected chi connectivity index (χ0v) is 13.7. The van der Waals surface area contributed by atoms with Crippen LogP contribution in [0.25, 0.3) is 0 Å². The van der Waals surface area contributed by atoms with Crippen LogP contribution in [0.2, 0.25) is 0 Å². The van der Waals surface area contributed by atoms with E-state index in [1.807, 2.05) is 0 Å². The fraction of sp³-hybridized carbons (Fsp3) is 0.222. The van der Waals surface area contributed by atoms with Gasteiger partial charge in [-0.05, 0) is 35.9 Å². The molecule has 0 atom stereocenters. The first-order valence-electron chi connectivity index (χ1n) is 7.40. The summed E-state index contributed by atoms with van der Waals surface area (Å²) in [7, 11) is 3.12. The minimum Gasteiger partial charge on any atom is -0.497 e. The highest BCUT2D eigenvalue weighted by atomic mass is 16.5. The number of rotatable bonds is 7. The van der Waals surface area contributed by atoms with Crippen LogP contribution in [0.3, 0.4) is 0 Å². The van der Waals surface area contributed by atoms with Crippen LogP contribution in [-0.4, -0.2) is 26.0 Å². The number of amides is 2. The Morgan fingerprint density at radius 2 is 1.71 bits per heavy atom. The Hall–Kier alpha value is -3.02. The van der Waals surface area contributed by atoms with Crippen molar-refractivity contribution in [1.29, 1.82) is 0 Å². The van der Waals surface area contributed by atoms with Gasteiger partial charge in [0.1, 0.15) is 11.5 Å². The minimum absolute atomic E-state index is 0.156. The number of nitrogens with two attached hydrogens (primary N) is 1. The maximum atomic E-state index is 12.2. The fourth-order valence-corrected chi connectivity index (χ4v) is 2.31. The van der Waals surface area contributed by atoms with Crippen molar-refractivity contribution in [2.45, 2.75) is 12.8 Å². The highest BCUT2D eigenvalue weighted by molar-refractivity contribution is 5.92. The number of methoxy groups -OCH3 is 2. The molecule has 3 N–H and O–H groups in total. The van der Waals surface area contributed by atoms with Gasteiger partial charge in [0.25, 0.3) is 0 Å². The molecule has 0 aromatic heterocycles. The van der Waals surface area contributed by atoms with Crippen LogP contribution < -0.4 is 20.5 Å². The zero-order valence-electron chi connectivity index (χ0n) is 13.7. The van der Waals surface area contributed by atoms with E-state index in [1.54, 1.807) is 56.7 Å². The number of primary amides is 1. The van der Waals surface area contributed by atoms with Crippen LogP contribution in [-0.2, 0) is 22.4 Å². The third-order valence-electron chi connectivity index (χ3n) is 3.45. The van der Waals surface area contributed by atoms with Crippen molar-refractivity contribution in [3.8, 4) is 11.5 Å². The molecule has 2 aromatic rings. The lowest BCUT2D eigenvalue weighted by Crippen LogP contribution is -2.15. The van der Waals surface area contributed by atoms with Gasteiger partial charge in [0.05, 0.1) is 27.1 Å². The van der Waals surface area contributed by atoms with E-state index in [0.717, 1.165) is 11.1 Å². The van der Waals surface area contributed by atoms with Crippen molar-refractivity contribution in [1.82, 2.24) is 0 Å². The fourth-order valence-electron chi connectivity index (χ4n) is 2.31. The van der Waals surface area contributed by atoms with Gasteiger partial charge in [0.15, 0.2) is 0 Å². The second-order valence-electron chi connectivity index (χ2n) is 5.24. The number of carbonyl (C=O) groups is 2. The number of ether oxygens (including phenoxy) is 2. The first-order valence-corrected chi connectivity index (χ1v) is 7.40. The Bertz CT molecular complexity index is 726. The highest BCUT2D eigenvalue weighted by Crippen LogP contribution is 2.24. The molecule has 0 saturated carbocycles. The average Bonchev–Trinajstić information content (AvgIpc) is 2.56. The summed E-state index contributed by atoms with van der Waals surface area (Å²) < 4.78 is 10.4. The number of nitrogens with one attached hydrogen (secondary N) is 1. The lowest BCUT2D eigenvalue weighted by Gasteiger charge is -2.11. The van der Waals surface area contributed by atoms with Crippen molar-refractivity contribution >= 4 is 17.5 Å². The molecule has 6 nitrogen and oxygen atoms in total. The smallest absolute Gasteiger partial charge is 0.228 e. The van der Waals surface area contributed by atoms with Gasteiger partial charge in [-0.1, -0.05) is 12.1 Å². The molecule has 0 heterocycles. The summed E-state index contributed by atoms with van der Waals surface area (Å²) in [5, 5.41) is 2.81. The standard InChI is InChI=1S/C18H20N2O4/c1-23-15-7-8-16(24-2)13(10-15)11-18(22)20-14-5-3-12(4-6-14)9-17(19)21/h3-8,10H,9,11H2,1-2H3,(H2,19,21)(H,20,22). The summed E-state index contributed by atoms with van der Waals surface area (Å²) in [5.41, 5.74) is 7.33. The van der Waals surface area contributed by atoms with Crippen molar-refractivity contribution in [3.05, 3.63) is 53.6 Å². The maximum absolute atomic E-state index is 12.2. The van der Waals surface area contributed by atoms with Crippen LogP contribution in [0.15, 0.2) is 42.5 Å². The molecule has 0 aliphatic carbocycles. The molecule has 2 rings (SSSR count). The highest BCUT2D eigenvalue weighted by Gasteiger charge is 2.11. The number of hydrogen-bond donors (Lipinski definition) is 2. The van der Waals surface area contributed by atoms with E-state index >= 15 is 0 Å². The topological polar surface area (TPSA) is 90.7 Å². The Kier molecular flexibility index (Phi) is 5.78. The van der Waals surface area contributed by atoms with E-state index in [4.69, 9.17) is 15.2 Å². The van der Waals surface area contributed by atoms with Gasteiger partial charge in [-0.3, -0.25) is 9.59 Å². The Balaban J connectivity index is 2.04. The first kappa shape index (κ1) is 17.3. The molecule has 2 amide bonds. The Labute approximate surface area is 140 Å². The van der Waals surface area contributed by atoms with Crippen molar-refractivity contribution < 1.29 is 19.1 Å². The van der Waals surface area contributed by atoms with E-state index in [0.29, 0.717) is 17.2 Å². The number of carbonyl (C=O) groups excluding carboxylic acids is 2. The van der Waals surface area contributed by atoms with Gasteiger partial charge in [0, 0.05) is 11.3 Å². The summed E-state index contributed by atoms with van der Waals surface area (Å²) in [4.78, 5) is 23.1. The molecule has 0 fully saturated rings. The molecule has 0 saturated heterocycles. The predicted molar refractivity (Wildman–Crippen MR) is 91.2 cm³/mol. The zero-order chi connectivity index (χ0) is 17.5. The summed E-state index contributed by atoms with van der Waals surface area (Å²) in [6.07, 6.45) is 0.332. The lowest BCUT2D eigenvalue weighted by molar-refractivity contribution is -0.117. The normalized spacial score (nSPS) is 10.1. The molecule has 24 heavy (non-hydrogen) atoms. The summed E-state index contributed by atoms with van der Waals surface area (Å²) in [6.45, 7) is 0. The van der Waals surface area contributed by atoms with E-state index in [9.17, 15) is 9.59 Å². The lowest BCUT2D eigenvalue weighted by atomic mass is 10.1. The first-order chi connectivity index (χ1) is 11.5. The van der Waals surface area contributed by atoms with Gasteiger partial charge in [-0.2, -0.15) is 0 Å². The third-order valence-corrected chi connectivity index (χ3v) is 3.45. The van der Waals surface area contributed by atoms with Crippen LogP contribution in [0.5, 0.6) is 11.5 Å². The SMILES string of the molecule is COc1ccc(OC)c(CC(=O)Nc2ccc(CC(N)=O)cc2)c1. The second-order valence-corrected chi connectivity index (χ2v) is 5.24. The third kappa shape index (κ3) is 4.74. The van der Waals surface area contributed by atoms with Gasteiger partial charge in [-0.25, -0.2) is 0 Å². The molecule has 0 aliphatic rings. The quantitative estimate of drug-likeness (QED) is 0.812. The van der Waals surface area contributed by atoms with Crippen LogP contribution in [0, 0.1) is 0 Å². The Morgan fingerprint density at radius 3 is 2.29 bits per heavy atom. The Morgan fingerprint density at radius 1 is 1.00 bits per heavy atom. The largest absolute Gasteiger partial charge is 0.497 e. The summed E-state index contributed by atoms with van der Waals surface area (Å²) in [6, 6.07) is 12.3. The van der Waals surface area contributed by atoms with E-state index in [-0.39, 0.29) is 18.7 Å². The van der Waals surface area contributed by atoms with Crippen LogP contribution >= 0.6 is 0 Å². The van der Waals surface area contributed by atoms with Crippen molar-refractivity contribution in [2.75, 3.05) is 19.5 Å². The molecule has 2 aromatic carbocycles. The predicted octanol–water partition coefficient (Wildman–Crippen LogP) is 1.91. The van der Waals surface area contributed by atoms with Crippen molar-refractivity contribution in [3.63, 3.8) is 0 Å². The monoisotopic (exact) mass is 328 g/mol. The van der Waals surface area contributed by atoms with E-state index in [1.165, 1.54) is 0 Å². The number of benzene rings is 2. The maximum Gasteiger partial charge on any atom is 0.228 e. The molecule has 0 unspecified atom stereocenters. The van der Waals surface area contributed by atoms with Gasteiger partial charge in [0.2, 0.25) is 11.8 Å². The molecule has 126 valence electrons. The number of hydrogen-bond acceptors (Lipinski definition) is 4. The minimum atomic E-state index is -0.392. The molecule has 0 radical (unpaired) electrons. The van der Waals surface area contributed by atoms with Gasteiger partial charge >= 0.3 is 0 Å². The molecule has 0 aliphatic heterocycles. The number of anilines is 1. The molecule has 0 spiro atoms. The van der Waals surface area contributed by atoms with Gasteiger partial charge in [-0.15, -0.1) is 0 Å². The van der Waals surface area contributed by atoms with E-state index < -0.39 is 5.91 Å². The summed E-state index contributed by atoms with van der Waals surface area (Å²) in [5.74, 6) is 0.721. The average molecular weight is 328 g/mol. The second kappa shape index (κ2) is 8.01. The van der Waals surface area contributed by atoms with Crippen LogP contribution in [0.4, 0.5) is 5.69 Å². The molecular weight excluding hydrogens is 308 g/mol. The van der Waals surface area contributed by atoms with Gasteiger partial charge < -0.3 is 20.5 Å². The molecule has 0 bridgehead atoms. The van der Waals surface area contributed by atoms with Crippen LogP contribution in [0.1, 0.15) is 11.1 Å². The molecule has 6 heteroatoms. The van der Waals surface area contributed by atoms with E-state index in [2.05, 4.69) is 5.32 Å². The molecular formula is C18H20N2O4. The van der Waals surface area contributed by atoms with Crippen molar-refractivity contribution in [2.24, 2.45) is 5.73 Å².